The lowest BCUT2D eigenvalue weighted by Gasteiger charge is -2.24. The van der Waals surface area contributed by atoms with E-state index in [1.54, 1.807) is 6.92 Å². The van der Waals surface area contributed by atoms with Gasteiger partial charge in [-0.25, -0.2) is 0 Å². The van der Waals surface area contributed by atoms with Crippen LogP contribution in [0.2, 0.25) is 0 Å². The molecule has 1 aromatic carbocycles. The largest absolute Gasteiger partial charge is 0.399 e. The first-order valence-corrected chi connectivity index (χ1v) is 5.92. The van der Waals surface area contributed by atoms with Gasteiger partial charge in [0.15, 0.2) is 0 Å². The first-order valence-electron chi connectivity index (χ1n) is 5.92. The van der Waals surface area contributed by atoms with Crippen LogP contribution >= 0.6 is 0 Å². The van der Waals surface area contributed by atoms with Gasteiger partial charge in [0.25, 0.3) is 0 Å². The zero-order chi connectivity index (χ0) is 12.4. The van der Waals surface area contributed by atoms with Crippen LogP contribution in [0.25, 0.3) is 0 Å². The van der Waals surface area contributed by atoms with Gasteiger partial charge in [0.1, 0.15) is 0 Å². The lowest BCUT2D eigenvalue weighted by Crippen LogP contribution is -2.37. The number of hydrogen-bond donors (Lipinski definition) is 1. The molecule has 92 valence electrons. The Kier molecular flexibility index (Phi) is 3.22. The first kappa shape index (κ1) is 11.8. The molecule has 17 heavy (non-hydrogen) atoms. The van der Waals surface area contributed by atoms with E-state index in [9.17, 15) is 4.79 Å². The third-order valence-electron chi connectivity index (χ3n) is 3.47. The van der Waals surface area contributed by atoms with Crippen LogP contribution in [0.1, 0.15) is 13.3 Å². The number of nitrogen functional groups attached to an aromatic ring is 1. The fraction of sp³-hybridized carbons (Fsp3) is 0.462. The number of nitrogens with zero attached hydrogens (tertiary/aromatic N) is 2. The molecule has 0 aromatic heterocycles. The molecule has 1 saturated heterocycles. The highest BCUT2D eigenvalue weighted by Gasteiger charge is 2.26. The number of carbonyl (C=O) groups excluding carboxylic acids is 1. The lowest BCUT2D eigenvalue weighted by atomic mass is 10.2. The van der Waals surface area contributed by atoms with Gasteiger partial charge in [0.05, 0.1) is 6.04 Å². The summed E-state index contributed by atoms with van der Waals surface area (Å²) in [4.78, 5) is 15.4. The standard InChI is InChI=1S/C13H19N3O/c1-10(17)15(2)13-7-8-16(9-13)12-5-3-11(14)4-6-12/h3-6,13H,7-9,14H2,1-2H3/t13-/m0/s1. The summed E-state index contributed by atoms with van der Waals surface area (Å²) in [5, 5.41) is 0. The molecule has 1 aliphatic rings. The van der Waals surface area contributed by atoms with Crippen molar-refractivity contribution in [3.8, 4) is 0 Å². The van der Waals surface area contributed by atoms with Crippen molar-refractivity contribution in [2.75, 3.05) is 30.8 Å². The van der Waals surface area contributed by atoms with E-state index in [1.807, 2.05) is 36.2 Å². The number of carbonyl (C=O) groups is 1. The van der Waals surface area contributed by atoms with Crippen LogP contribution < -0.4 is 10.6 Å². The minimum atomic E-state index is 0.133. The molecule has 2 rings (SSSR count). The smallest absolute Gasteiger partial charge is 0.219 e. The fourth-order valence-electron chi connectivity index (χ4n) is 2.23. The Morgan fingerprint density at radius 3 is 2.65 bits per heavy atom. The van der Waals surface area contributed by atoms with Crippen molar-refractivity contribution in [1.82, 2.24) is 4.90 Å². The van der Waals surface area contributed by atoms with Crippen LogP contribution in [0.5, 0.6) is 0 Å². The van der Waals surface area contributed by atoms with Gasteiger partial charge in [-0.05, 0) is 30.7 Å². The second-order valence-electron chi connectivity index (χ2n) is 4.61. The van der Waals surface area contributed by atoms with Gasteiger partial charge in [-0.15, -0.1) is 0 Å². The van der Waals surface area contributed by atoms with Crippen molar-refractivity contribution in [2.24, 2.45) is 0 Å². The van der Waals surface area contributed by atoms with Crippen molar-refractivity contribution in [2.45, 2.75) is 19.4 Å². The SMILES string of the molecule is CC(=O)N(C)[C@H]1CCN(c2ccc(N)cc2)C1. The van der Waals surface area contributed by atoms with Gasteiger partial charge in [-0.2, -0.15) is 0 Å². The van der Waals surface area contributed by atoms with Gasteiger partial charge in [0.2, 0.25) is 5.91 Å². The van der Waals surface area contributed by atoms with E-state index >= 15 is 0 Å². The molecule has 0 spiro atoms. The molecule has 0 bridgehead atoms. The number of anilines is 2. The predicted octanol–water partition coefficient (Wildman–Crippen LogP) is 1.33. The highest BCUT2D eigenvalue weighted by molar-refractivity contribution is 5.73. The normalized spacial score (nSPS) is 19.4. The zero-order valence-electron chi connectivity index (χ0n) is 10.4. The number of benzene rings is 1. The molecule has 1 aliphatic heterocycles. The fourth-order valence-corrected chi connectivity index (χ4v) is 2.23. The minimum Gasteiger partial charge on any atom is -0.399 e. The van der Waals surface area contributed by atoms with Crippen LogP contribution in [0.4, 0.5) is 11.4 Å². The van der Waals surface area contributed by atoms with E-state index in [1.165, 1.54) is 5.69 Å². The van der Waals surface area contributed by atoms with Gasteiger partial charge in [-0.1, -0.05) is 0 Å². The molecule has 1 fully saturated rings. The van der Waals surface area contributed by atoms with Crippen molar-refractivity contribution in [1.29, 1.82) is 0 Å². The topological polar surface area (TPSA) is 49.6 Å². The first-order chi connectivity index (χ1) is 8.08. The van der Waals surface area contributed by atoms with Crippen LogP contribution in [-0.2, 0) is 4.79 Å². The number of rotatable bonds is 2. The summed E-state index contributed by atoms with van der Waals surface area (Å²) in [5.74, 6) is 0.133. The van der Waals surface area contributed by atoms with Crippen LogP contribution in [-0.4, -0.2) is 37.0 Å². The Bertz CT molecular complexity index is 402. The molecule has 0 saturated carbocycles. The van der Waals surface area contributed by atoms with Crippen LogP contribution in [0.3, 0.4) is 0 Å². The van der Waals surface area contributed by atoms with E-state index < -0.39 is 0 Å². The second-order valence-corrected chi connectivity index (χ2v) is 4.61. The molecular weight excluding hydrogens is 214 g/mol. The number of nitrogens with two attached hydrogens (primary N) is 1. The summed E-state index contributed by atoms with van der Waals surface area (Å²) in [6.45, 7) is 3.51. The summed E-state index contributed by atoms with van der Waals surface area (Å²) in [5.41, 5.74) is 7.63. The monoisotopic (exact) mass is 233 g/mol. The maximum Gasteiger partial charge on any atom is 0.219 e. The molecule has 1 atom stereocenters. The van der Waals surface area contributed by atoms with Crippen molar-refractivity contribution in [3.63, 3.8) is 0 Å². The Balaban J connectivity index is 2.02. The average Bonchev–Trinajstić information content (AvgIpc) is 2.78. The molecule has 4 heteroatoms. The number of hydrogen-bond acceptors (Lipinski definition) is 3. The van der Waals surface area contributed by atoms with E-state index in [-0.39, 0.29) is 5.91 Å². The van der Waals surface area contributed by atoms with E-state index in [0.29, 0.717) is 6.04 Å². The molecule has 0 unspecified atom stereocenters. The predicted molar refractivity (Wildman–Crippen MR) is 69.9 cm³/mol. The quantitative estimate of drug-likeness (QED) is 0.784. The Morgan fingerprint density at radius 1 is 1.41 bits per heavy atom. The van der Waals surface area contributed by atoms with E-state index in [2.05, 4.69) is 4.90 Å². The number of likely N-dealkylation sites (N-methyl/N-ethyl adjacent to an activating group) is 1. The number of amides is 1. The Labute approximate surface area is 102 Å². The lowest BCUT2D eigenvalue weighted by molar-refractivity contribution is -0.129. The summed E-state index contributed by atoms with van der Waals surface area (Å²) in [6, 6.07) is 8.22. The van der Waals surface area contributed by atoms with Gasteiger partial charge in [-0.3, -0.25) is 4.79 Å². The van der Waals surface area contributed by atoms with Crippen molar-refractivity contribution >= 4 is 17.3 Å². The van der Waals surface area contributed by atoms with Crippen LogP contribution in [0, 0.1) is 0 Å². The summed E-state index contributed by atoms with van der Waals surface area (Å²) in [7, 11) is 1.87. The summed E-state index contributed by atoms with van der Waals surface area (Å²) < 4.78 is 0. The molecular formula is C13H19N3O. The molecule has 0 radical (unpaired) electrons. The molecule has 1 heterocycles. The van der Waals surface area contributed by atoms with Gasteiger partial charge < -0.3 is 15.5 Å². The Hall–Kier alpha value is -1.71. The summed E-state index contributed by atoms with van der Waals surface area (Å²) in [6.07, 6.45) is 1.03. The molecule has 2 N–H and O–H groups in total. The molecule has 0 aliphatic carbocycles. The van der Waals surface area contributed by atoms with Gasteiger partial charge >= 0.3 is 0 Å². The highest BCUT2D eigenvalue weighted by atomic mass is 16.2. The second kappa shape index (κ2) is 4.65. The Morgan fingerprint density at radius 2 is 2.06 bits per heavy atom. The maximum atomic E-state index is 11.3. The van der Waals surface area contributed by atoms with Crippen LogP contribution in [0.15, 0.2) is 24.3 Å². The van der Waals surface area contributed by atoms with Gasteiger partial charge in [0, 0.05) is 38.4 Å². The third kappa shape index (κ3) is 2.52. The molecule has 1 amide bonds. The minimum absolute atomic E-state index is 0.133. The van der Waals surface area contributed by atoms with Crippen molar-refractivity contribution < 1.29 is 4.79 Å². The highest BCUT2D eigenvalue weighted by Crippen LogP contribution is 2.23. The zero-order valence-corrected chi connectivity index (χ0v) is 10.4. The average molecular weight is 233 g/mol. The van der Waals surface area contributed by atoms with E-state index in [4.69, 9.17) is 5.73 Å². The maximum absolute atomic E-state index is 11.3. The summed E-state index contributed by atoms with van der Waals surface area (Å²) >= 11 is 0. The van der Waals surface area contributed by atoms with E-state index in [0.717, 1.165) is 25.2 Å². The molecule has 1 aromatic rings. The molecule has 4 nitrogen and oxygen atoms in total. The third-order valence-corrected chi connectivity index (χ3v) is 3.47. The van der Waals surface area contributed by atoms with Crippen molar-refractivity contribution in [3.05, 3.63) is 24.3 Å².